The minimum absolute atomic E-state index is 0.112. The molecular weight excluding hydrogens is 637 g/mol. The van der Waals surface area contributed by atoms with Gasteiger partial charge in [-0.25, -0.2) is 5.43 Å². The van der Waals surface area contributed by atoms with Crippen LogP contribution in [0, 0.1) is 5.92 Å². The molecule has 0 radical (unpaired) electrons. The minimum atomic E-state index is -0.923. The van der Waals surface area contributed by atoms with Crippen LogP contribution in [-0.4, -0.2) is 36.8 Å². The van der Waals surface area contributed by atoms with Crippen LogP contribution in [0.2, 0.25) is 15.1 Å². The van der Waals surface area contributed by atoms with E-state index in [4.69, 9.17) is 49.0 Å². The Morgan fingerprint density at radius 1 is 0.933 bits per heavy atom. The fourth-order valence-electron chi connectivity index (χ4n) is 4.31. The predicted octanol–water partition coefficient (Wildman–Crippen LogP) is 7.80. The van der Waals surface area contributed by atoms with Gasteiger partial charge in [-0.1, -0.05) is 72.9 Å². The van der Waals surface area contributed by atoms with Gasteiger partial charge in [0, 0.05) is 21.2 Å². The Kier molecular flexibility index (Phi) is 14.1. The van der Waals surface area contributed by atoms with Gasteiger partial charge >= 0.3 is 0 Å². The van der Waals surface area contributed by atoms with Gasteiger partial charge in [0.15, 0.2) is 17.6 Å². The first-order valence-corrected chi connectivity index (χ1v) is 15.7. The lowest BCUT2D eigenvalue weighted by molar-refractivity contribution is -0.132. The first kappa shape index (κ1) is 35.8. The molecule has 3 rings (SSSR count). The highest BCUT2D eigenvalue weighted by atomic mass is 35.5. The van der Waals surface area contributed by atoms with Crippen molar-refractivity contribution >= 4 is 52.8 Å². The topological polar surface area (TPSA) is 98.3 Å². The molecule has 8 nitrogen and oxygen atoms in total. The number of rotatable bonds is 16. The number of nitrogens with zero attached hydrogens (tertiary/aromatic N) is 1. The third kappa shape index (κ3) is 11.0. The van der Waals surface area contributed by atoms with E-state index in [0.29, 0.717) is 52.3 Å². The van der Waals surface area contributed by atoms with E-state index >= 15 is 0 Å². The Balaban J connectivity index is 1.73. The van der Waals surface area contributed by atoms with Crippen molar-refractivity contribution in [2.75, 3.05) is 6.61 Å². The van der Waals surface area contributed by atoms with Gasteiger partial charge < -0.3 is 19.5 Å². The van der Waals surface area contributed by atoms with E-state index in [1.165, 1.54) is 12.3 Å². The van der Waals surface area contributed by atoms with E-state index in [-0.39, 0.29) is 17.5 Å². The third-order valence-electron chi connectivity index (χ3n) is 6.44. The van der Waals surface area contributed by atoms with Gasteiger partial charge in [0.2, 0.25) is 0 Å². The summed E-state index contributed by atoms with van der Waals surface area (Å²) in [5.74, 6) is 0.570. The molecule has 0 aromatic heterocycles. The number of carbonyl (C=O) groups is 2. The van der Waals surface area contributed by atoms with Crippen molar-refractivity contribution in [3.63, 3.8) is 0 Å². The average molecular weight is 675 g/mol. The molecule has 2 atom stereocenters. The van der Waals surface area contributed by atoms with Crippen molar-refractivity contribution in [2.24, 2.45) is 11.0 Å². The highest BCUT2D eigenvalue weighted by molar-refractivity contribution is 6.35. The molecule has 0 saturated carbocycles. The number of halogens is 3. The molecule has 0 aliphatic carbocycles. The smallest absolute Gasteiger partial charge is 0.262 e. The molecule has 0 aliphatic heterocycles. The van der Waals surface area contributed by atoms with Gasteiger partial charge in [0.05, 0.1) is 17.8 Å². The van der Waals surface area contributed by atoms with E-state index < -0.39 is 24.0 Å². The SMILES string of the molecule is C=CCc1cc(/C=N\NC(=O)[C@@H](CC(C)C)NC(=O)[C@@H](C)Oc2ccc(Cl)cc2Cl)cc(OCC)c1OCc1ccccc1Cl. The summed E-state index contributed by atoms with van der Waals surface area (Å²) in [7, 11) is 0. The number of carbonyl (C=O) groups excluding carboxylic acids is 2. The molecule has 0 unspecified atom stereocenters. The average Bonchev–Trinajstić information content (AvgIpc) is 2.98. The zero-order valence-corrected chi connectivity index (χ0v) is 28.0. The van der Waals surface area contributed by atoms with Gasteiger partial charge in [-0.05, 0) is 74.6 Å². The summed E-state index contributed by atoms with van der Waals surface area (Å²) in [6.07, 6.45) is 3.25. The number of nitrogens with one attached hydrogen (secondary N) is 2. The van der Waals surface area contributed by atoms with Crippen molar-refractivity contribution < 1.29 is 23.8 Å². The maximum Gasteiger partial charge on any atom is 0.262 e. The monoisotopic (exact) mass is 673 g/mol. The number of amides is 2. The van der Waals surface area contributed by atoms with Gasteiger partial charge in [-0.3, -0.25) is 9.59 Å². The van der Waals surface area contributed by atoms with Gasteiger partial charge in [-0.2, -0.15) is 5.10 Å². The van der Waals surface area contributed by atoms with E-state index in [0.717, 1.165) is 11.1 Å². The number of allylic oxidation sites excluding steroid dienone is 1. The first-order chi connectivity index (χ1) is 21.5. The predicted molar refractivity (Wildman–Crippen MR) is 181 cm³/mol. The largest absolute Gasteiger partial charge is 0.490 e. The maximum absolute atomic E-state index is 13.1. The summed E-state index contributed by atoms with van der Waals surface area (Å²) in [4.78, 5) is 26.1. The van der Waals surface area contributed by atoms with E-state index in [2.05, 4.69) is 22.4 Å². The van der Waals surface area contributed by atoms with Crippen LogP contribution in [0.25, 0.3) is 0 Å². The molecule has 2 amide bonds. The lowest BCUT2D eigenvalue weighted by atomic mass is 10.0. The second kappa shape index (κ2) is 17.7. The Hall–Kier alpha value is -3.72. The van der Waals surface area contributed by atoms with E-state index in [9.17, 15) is 9.59 Å². The molecule has 0 spiro atoms. The fourth-order valence-corrected chi connectivity index (χ4v) is 4.96. The van der Waals surface area contributed by atoms with Gasteiger partial charge in [0.1, 0.15) is 18.4 Å². The minimum Gasteiger partial charge on any atom is -0.490 e. The highest BCUT2D eigenvalue weighted by Crippen LogP contribution is 2.35. The molecule has 0 aliphatic rings. The number of hydrazone groups is 1. The van der Waals surface area contributed by atoms with Gasteiger partial charge in [0.25, 0.3) is 11.8 Å². The quantitative estimate of drug-likeness (QED) is 0.0918. The van der Waals surface area contributed by atoms with Crippen molar-refractivity contribution in [1.29, 1.82) is 0 Å². The van der Waals surface area contributed by atoms with Crippen molar-refractivity contribution in [2.45, 2.75) is 59.3 Å². The van der Waals surface area contributed by atoms with E-state index in [1.807, 2.05) is 51.1 Å². The molecule has 45 heavy (non-hydrogen) atoms. The summed E-state index contributed by atoms with van der Waals surface area (Å²) in [6, 6.07) is 15.0. The van der Waals surface area contributed by atoms with Crippen LogP contribution >= 0.6 is 34.8 Å². The zero-order valence-electron chi connectivity index (χ0n) is 25.7. The highest BCUT2D eigenvalue weighted by Gasteiger charge is 2.25. The number of benzene rings is 3. The van der Waals surface area contributed by atoms with Crippen LogP contribution in [0.5, 0.6) is 17.2 Å². The van der Waals surface area contributed by atoms with Crippen LogP contribution in [0.1, 0.15) is 50.8 Å². The lowest BCUT2D eigenvalue weighted by Crippen LogP contribution is -2.49. The molecule has 0 fully saturated rings. The maximum atomic E-state index is 13.1. The molecule has 11 heteroatoms. The Bertz CT molecular complexity index is 1510. The van der Waals surface area contributed by atoms with Crippen LogP contribution in [0.15, 0.2) is 72.4 Å². The fraction of sp³-hybridized carbons (Fsp3) is 0.324. The molecule has 0 heterocycles. The van der Waals surface area contributed by atoms with Crippen molar-refractivity contribution in [3.8, 4) is 17.2 Å². The zero-order chi connectivity index (χ0) is 32.9. The Morgan fingerprint density at radius 2 is 1.69 bits per heavy atom. The summed E-state index contributed by atoms with van der Waals surface area (Å²) >= 11 is 18.4. The third-order valence-corrected chi connectivity index (χ3v) is 7.34. The standard InChI is InChI=1S/C34H38Cl3N3O5/c1-6-10-24-16-23(17-31(43-7-2)32(24)44-20-25-11-8-9-12-27(25)36)19-38-40-34(42)29(15-21(3)4)39-33(41)22(5)45-30-14-13-26(35)18-28(30)37/h6,8-9,11-14,16-19,21-22,29H,1,7,10,15,20H2,2-5H3,(H,39,41)(H,40,42)/b38-19-/t22-,29-/m1/s1. The summed E-state index contributed by atoms with van der Waals surface area (Å²) in [5, 5.41) is 8.27. The van der Waals surface area contributed by atoms with Crippen molar-refractivity contribution in [1.82, 2.24) is 10.7 Å². The molecular formula is C34H38Cl3N3O5. The van der Waals surface area contributed by atoms with Crippen LogP contribution in [-0.2, 0) is 22.6 Å². The number of hydrogen-bond donors (Lipinski definition) is 2. The molecule has 3 aromatic carbocycles. The summed E-state index contributed by atoms with van der Waals surface area (Å²) in [5.41, 5.74) is 4.90. The van der Waals surface area contributed by atoms with Crippen molar-refractivity contribution in [3.05, 3.63) is 99.0 Å². The number of hydrogen-bond acceptors (Lipinski definition) is 6. The normalized spacial score (nSPS) is 12.4. The molecule has 0 saturated heterocycles. The Labute approximate surface area is 279 Å². The summed E-state index contributed by atoms with van der Waals surface area (Å²) in [6.45, 7) is 11.9. The molecule has 3 aromatic rings. The Morgan fingerprint density at radius 3 is 2.36 bits per heavy atom. The van der Waals surface area contributed by atoms with E-state index in [1.54, 1.807) is 31.2 Å². The molecule has 0 bridgehead atoms. The van der Waals surface area contributed by atoms with Crippen LogP contribution < -0.4 is 25.0 Å². The van der Waals surface area contributed by atoms with Crippen LogP contribution in [0.3, 0.4) is 0 Å². The lowest BCUT2D eigenvalue weighted by Gasteiger charge is -2.22. The van der Waals surface area contributed by atoms with Gasteiger partial charge in [-0.15, -0.1) is 6.58 Å². The first-order valence-electron chi connectivity index (χ1n) is 14.5. The van der Waals surface area contributed by atoms with Crippen LogP contribution in [0.4, 0.5) is 0 Å². The number of ether oxygens (including phenoxy) is 3. The molecule has 2 N–H and O–H groups in total. The second-order valence-electron chi connectivity index (χ2n) is 10.6. The summed E-state index contributed by atoms with van der Waals surface area (Å²) < 4.78 is 17.8. The molecule has 240 valence electrons. The second-order valence-corrected chi connectivity index (χ2v) is 11.8.